The molecule has 0 atom stereocenters. The van der Waals surface area contributed by atoms with Crippen molar-refractivity contribution in [1.29, 1.82) is 0 Å². The summed E-state index contributed by atoms with van der Waals surface area (Å²) in [5, 5.41) is 2.23. The molecule has 1 aromatic carbocycles. The van der Waals surface area contributed by atoms with Crippen molar-refractivity contribution in [3.8, 4) is 5.75 Å². The van der Waals surface area contributed by atoms with Gasteiger partial charge in [0.1, 0.15) is 12.3 Å². The molecule has 33 heavy (non-hydrogen) atoms. The van der Waals surface area contributed by atoms with Gasteiger partial charge in [0.05, 0.1) is 18.1 Å². The van der Waals surface area contributed by atoms with Gasteiger partial charge in [0.25, 0.3) is 5.91 Å². The van der Waals surface area contributed by atoms with E-state index in [1.54, 1.807) is 26.0 Å². The molecule has 3 fully saturated rings. The molecule has 0 bridgehead atoms. The molecule has 0 aromatic heterocycles. The first kappa shape index (κ1) is 23.9. The van der Waals surface area contributed by atoms with E-state index in [1.807, 2.05) is 0 Å². The van der Waals surface area contributed by atoms with Crippen LogP contribution in [0.15, 0.2) is 18.2 Å². The standard InChI is InChI=1S/C23H31FN2O6S/c1-22(2)20(27)25-21(28)26(22)15-31-10-3-11-33(29,30)14-23(8-9-23)17-6-7-18(24)19(12-17)32-13-16-4-5-16/h6-7,12,16H,3-5,8-11,13-15H2,1-2H3,(H,25,27,28). The van der Waals surface area contributed by atoms with Crippen molar-refractivity contribution in [1.82, 2.24) is 10.2 Å². The van der Waals surface area contributed by atoms with Gasteiger partial charge < -0.3 is 9.47 Å². The summed E-state index contributed by atoms with van der Waals surface area (Å²) in [5.74, 6) is -0.165. The third-order valence-electron chi connectivity index (χ3n) is 6.73. The fourth-order valence-corrected chi connectivity index (χ4v) is 6.05. The van der Waals surface area contributed by atoms with Crippen LogP contribution in [0.4, 0.5) is 9.18 Å². The molecule has 0 radical (unpaired) electrons. The molecule has 4 rings (SSSR count). The van der Waals surface area contributed by atoms with E-state index in [0.29, 0.717) is 12.5 Å². The number of halogens is 1. The maximum Gasteiger partial charge on any atom is 0.326 e. The van der Waals surface area contributed by atoms with Crippen LogP contribution in [0.2, 0.25) is 0 Å². The van der Waals surface area contributed by atoms with E-state index >= 15 is 0 Å². The van der Waals surface area contributed by atoms with E-state index in [-0.39, 0.29) is 37.0 Å². The van der Waals surface area contributed by atoms with Gasteiger partial charge in [-0.1, -0.05) is 6.07 Å². The van der Waals surface area contributed by atoms with Crippen LogP contribution in [0, 0.1) is 11.7 Å². The molecule has 8 nitrogen and oxygen atoms in total. The van der Waals surface area contributed by atoms with Crippen molar-refractivity contribution < 1.29 is 31.9 Å². The zero-order chi connectivity index (χ0) is 23.9. The summed E-state index contributed by atoms with van der Waals surface area (Å²) in [6.07, 6.45) is 3.97. The zero-order valence-corrected chi connectivity index (χ0v) is 19.9. The monoisotopic (exact) mass is 482 g/mol. The number of carbonyl (C=O) groups is 2. The van der Waals surface area contributed by atoms with Crippen LogP contribution in [0.25, 0.3) is 0 Å². The predicted octanol–water partition coefficient (Wildman–Crippen LogP) is 2.76. The Bertz CT molecular complexity index is 1030. The largest absolute Gasteiger partial charge is 0.490 e. The number of rotatable bonds is 12. The SMILES string of the molecule is CC1(C)C(=O)NC(=O)N1COCCCS(=O)(=O)CC1(c2ccc(F)c(OCC3CC3)c2)CC1. The summed E-state index contributed by atoms with van der Waals surface area (Å²) in [7, 11) is -3.37. The molecule has 2 aliphatic carbocycles. The number of nitrogens with one attached hydrogen (secondary N) is 1. The number of sulfone groups is 1. The maximum absolute atomic E-state index is 14.1. The number of urea groups is 1. The lowest BCUT2D eigenvalue weighted by atomic mass is 9.98. The summed E-state index contributed by atoms with van der Waals surface area (Å²) in [6, 6.07) is 4.16. The highest BCUT2D eigenvalue weighted by Crippen LogP contribution is 2.50. The van der Waals surface area contributed by atoms with E-state index in [4.69, 9.17) is 9.47 Å². The Morgan fingerprint density at radius 3 is 2.55 bits per heavy atom. The first-order valence-electron chi connectivity index (χ1n) is 11.4. The van der Waals surface area contributed by atoms with Crippen LogP contribution in [-0.2, 0) is 24.8 Å². The van der Waals surface area contributed by atoms with Crippen LogP contribution in [0.5, 0.6) is 5.75 Å². The highest BCUT2D eigenvalue weighted by Gasteiger charge is 2.48. The van der Waals surface area contributed by atoms with Crippen LogP contribution in [-0.4, -0.2) is 62.2 Å². The van der Waals surface area contributed by atoms with Gasteiger partial charge in [-0.2, -0.15) is 0 Å². The molecular formula is C23H31FN2O6S. The molecule has 0 spiro atoms. The van der Waals surface area contributed by atoms with E-state index in [1.165, 1.54) is 11.0 Å². The molecule has 1 heterocycles. The van der Waals surface area contributed by atoms with Gasteiger partial charge >= 0.3 is 6.03 Å². The van der Waals surface area contributed by atoms with Crippen molar-refractivity contribution in [3.63, 3.8) is 0 Å². The molecule has 3 aliphatic rings. The lowest BCUT2D eigenvalue weighted by molar-refractivity contribution is -0.126. The number of ether oxygens (including phenoxy) is 2. The molecule has 1 N–H and O–H groups in total. The molecule has 1 aromatic rings. The van der Waals surface area contributed by atoms with E-state index in [9.17, 15) is 22.4 Å². The van der Waals surface area contributed by atoms with Crippen molar-refractivity contribution in [3.05, 3.63) is 29.6 Å². The first-order valence-corrected chi connectivity index (χ1v) is 13.2. The minimum absolute atomic E-state index is 0.00373. The van der Waals surface area contributed by atoms with Crippen LogP contribution in [0.3, 0.4) is 0 Å². The van der Waals surface area contributed by atoms with Crippen LogP contribution >= 0.6 is 0 Å². The zero-order valence-electron chi connectivity index (χ0n) is 19.1. The minimum atomic E-state index is -3.37. The molecule has 0 unspecified atom stereocenters. The van der Waals surface area contributed by atoms with E-state index in [2.05, 4.69) is 5.32 Å². The summed E-state index contributed by atoms with van der Waals surface area (Å²) < 4.78 is 50.8. The van der Waals surface area contributed by atoms with Gasteiger partial charge in [-0.15, -0.1) is 0 Å². The second-order valence-corrected chi connectivity index (χ2v) is 12.1. The Morgan fingerprint density at radius 2 is 1.94 bits per heavy atom. The number of amides is 3. The van der Waals surface area contributed by atoms with Crippen LogP contribution < -0.4 is 10.1 Å². The van der Waals surface area contributed by atoms with Gasteiger partial charge in [0.2, 0.25) is 0 Å². The van der Waals surface area contributed by atoms with Crippen molar-refractivity contribution in [2.24, 2.45) is 5.92 Å². The van der Waals surface area contributed by atoms with Gasteiger partial charge in [0, 0.05) is 12.0 Å². The summed E-state index contributed by atoms with van der Waals surface area (Å²) in [4.78, 5) is 24.9. The Labute approximate surface area is 193 Å². The Kier molecular flexibility index (Phi) is 6.43. The first-order chi connectivity index (χ1) is 15.5. The maximum atomic E-state index is 14.1. The second kappa shape index (κ2) is 8.87. The number of hydrogen-bond donors (Lipinski definition) is 1. The highest BCUT2D eigenvalue weighted by molar-refractivity contribution is 7.91. The number of imide groups is 1. The third-order valence-corrected chi connectivity index (χ3v) is 8.63. The molecule has 10 heteroatoms. The number of carbonyl (C=O) groups excluding carboxylic acids is 2. The van der Waals surface area contributed by atoms with Crippen LogP contribution in [0.1, 0.15) is 51.5 Å². The number of nitrogens with zero attached hydrogens (tertiary/aromatic N) is 1. The number of hydrogen-bond acceptors (Lipinski definition) is 6. The average Bonchev–Trinajstić information content (AvgIpc) is 3.65. The molecule has 1 aliphatic heterocycles. The lowest BCUT2D eigenvalue weighted by Crippen LogP contribution is -2.45. The predicted molar refractivity (Wildman–Crippen MR) is 119 cm³/mol. The Morgan fingerprint density at radius 1 is 1.21 bits per heavy atom. The molecule has 2 saturated carbocycles. The molecular weight excluding hydrogens is 451 g/mol. The Hall–Kier alpha value is -2.20. The van der Waals surface area contributed by atoms with Gasteiger partial charge in [-0.25, -0.2) is 17.6 Å². The second-order valence-electron chi connectivity index (χ2n) is 9.91. The Balaban J connectivity index is 1.27. The van der Waals surface area contributed by atoms with Crippen molar-refractivity contribution >= 4 is 21.8 Å². The summed E-state index contributed by atoms with van der Waals surface area (Å²) >= 11 is 0. The quantitative estimate of drug-likeness (QED) is 0.363. The minimum Gasteiger partial charge on any atom is -0.490 e. The molecule has 3 amide bonds. The summed E-state index contributed by atoms with van der Waals surface area (Å²) in [5.41, 5.74) is -0.678. The van der Waals surface area contributed by atoms with E-state index < -0.39 is 38.5 Å². The average molecular weight is 483 g/mol. The normalized spacial score (nSPS) is 21.2. The summed E-state index contributed by atoms with van der Waals surface area (Å²) in [6.45, 7) is 3.79. The van der Waals surface area contributed by atoms with Crippen molar-refractivity contribution in [2.45, 2.75) is 56.9 Å². The smallest absolute Gasteiger partial charge is 0.326 e. The van der Waals surface area contributed by atoms with Gasteiger partial charge in [-0.3, -0.25) is 15.0 Å². The molecule has 182 valence electrons. The third kappa shape index (κ3) is 5.48. The lowest BCUT2D eigenvalue weighted by Gasteiger charge is -2.27. The topological polar surface area (TPSA) is 102 Å². The number of benzene rings is 1. The fraction of sp³-hybridized carbons (Fsp3) is 0.652. The van der Waals surface area contributed by atoms with Gasteiger partial charge in [0.15, 0.2) is 21.4 Å². The highest BCUT2D eigenvalue weighted by atomic mass is 32.2. The fourth-order valence-electron chi connectivity index (χ4n) is 4.05. The van der Waals surface area contributed by atoms with E-state index in [0.717, 1.165) is 31.2 Å². The van der Waals surface area contributed by atoms with Crippen molar-refractivity contribution in [2.75, 3.05) is 31.5 Å². The van der Waals surface area contributed by atoms with Gasteiger partial charge in [-0.05, 0) is 69.6 Å². The molecule has 1 saturated heterocycles.